The summed E-state index contributed by atoms with van der Waals surface area (Å²) in [6.07, 6.45) is -4.27. The van der Waals surface area contributed by atoms with E-state index in [1.54, 1.807) is 4.68 Å². The molecule has 1 saturated heterocycles. The van der Waals surface area contributed by atoms with Gasteiger partial charge in [-0.1, -0.05) is 11.6 Å². The largest absolute Gasteiger partial charge is 0.339 e. The van der Waals surface area contributed by atoms with Crippen molar-refractivity contribution in [1.82, 2.24) is 29.4 Å². The number of carbonyl (C=O) groups is 1. The molecule has 3 heterocycles. The quantitative estimate of drug-likeness (QED) is 0.653. The Morgan fingerprint density at radius 3 is 2.31 bits per heavy atom. The monoisotopic (exact) mass is 436 g/mol. The molecule has 3 rings (SSSR count). The van der Waals surface area contributed by atoms with Gasteiger partial charge in [-0.05, 0) is 6.92 Å². The Morgan fingerprint density at radius 2 is 1.79 bits per heavy atom. The number of aryl methyl sites for hydroxylation is 2. The molecule has 1 aliphatic heterocycles. The van der Waals surface area contributed by atoms with Crippen molar-refractivity contribution in [2.24, 2.45) is 7.05 Å². The highest BCUT2D eigenvalue weighted by molar-refractivity contribution is 6.32. The first-order valence-electron chi connectivity index (χ1n) is 8.99. The van der Waals surface area contributed by atoms with Crippen molar-refractivity contribution in [2.45, 2.75) is 32.9 Å². The highest BCUT2D eigenvalue weighted by Gasteiger charge is 2.30. The highest BCUT2D eigenvalue weighted by Crippen LogP contribution is 2.34. The first-order valence-corrected chi connectivity index (χ1v) is 9.36. The number of nitrogens with zero attached hydrogens (tertiary/aromatic N) is 6. The van der Waals surface area contributed by atoms with Gasteiger partial charge in [-0.2, -0.15) is 10.2 Å². The van der Waals surface area contributed by atoms with Crippen LogP contribution in [0.3, 0.4) is 0 Å². The molecule has 1 aliphatic rings. The Balaban J connectivity index is 1.61. The standard InChI is InChI=1S/C17H21ClF4N6O/c1-10-11(7-25(2)23-10)8-26-3-5-27(6-4-26)12(29)9-28-15(17(21)22)13(18)14(24-28)16(19)20/h7,16-17H,3-6,8-9H2,1-2H3. The van der Waals surface area contributed by atoms with Gasteiger partial charge in [0.2, 0.25) is 5.91 Å². The van der Waals surface area contributed by atoms with Crippen LogP contribution in [0.15, 0.2) is 6.20 Å². The van der Waals surface area contributed by atoms with Crippen molar-refractivity contribution in [2.75, 3.05) is 26.2 Å². The van der Waals surface area contributed by atoms with Crippen LogP contribution in [0.1, 0.15) is 35.5 Å². The summed E-state index contributed by atoms with van der Waals surface area (Å²) >= 11 is 5.62. The third-order valence-corrected chi connectivity index (χ3v) is 5.28. The Bertz CT molecular complexity index is 876. The topological polar surface area (TPSA) is 59.2 Å². The van der Waals surface area contributed by atoms with Crippen LogP contribution in [0.2, 0.25) is 5.02 Å². The van der Waals surface area contributed by atoms with Gasteiger partial charge in [0.25, 0.3) is 12.9 Å². The lowest BCUT2D eigenvalue weighted by atomic mass is 10.2. The zero-order chi connectivity index (χ0) is 21.3. The second-order valence-corrected chi connectivity index (χ2v) is 7.29. The molecule has 12 heteroatoms. The van der Waals surface area contributed by atoms with E-state index >= 15 is 0 Å². The molecule has 0 spiro atoms. The second-order valence-electron chi connectivity index (χ2n) is 6.91. The molecule has 2 aromatic heterocycles. The number of carbonyl (C=O) groups excluding carboxylic acids is 1. The van der Waals surface area contributed by atoms with E-state index in [0.29, 0.717) is 37.4 Å². The molecular formula is C17H21ClF4N6O. The molecule has 1 amide bonds. The smallest absolute Gasteiger partial charge is 0.283 e. The predicted octanol–water partition coefficient (Wildman–Crippen LogP) is 2.80. The minimum absolute atomic E-state index is 0.402. The number of hydrogen-bond donors (Lipinski definition) is 0. The van der Waals surface area contributed by atoms with E-state index in [4.69, 9.17) is 11.6 Å². The maximum absolute atomic E-state index is 13.2. The van der Waals surface area contributed by atoms with Crippen LogP contribution in [0, 0.1) is 6.92 Å². The molecular weight excluding hydrogens is 416 g/mol. The lowest BCUT2D eigenvalue weighted by Gasteiger charge is -2.34. The maximum atomic E-state index is 13.2. The van der Waals surface area contributed by atoms with E-state index in [1.807, 2.05) is 20.2 Å². The Kier molecular flexibility index (Phi) is 6.47. The van der Waals surface area contributed by atoms with Gasteiger partial charge >= 0.3 is 0 Å². The molecule has 7 nitrogen and oxygen atoms in total. The maximum Gasteiger partial charge on any atom is 0.283 e. The third-order valence-electron chi connectivity index (χ3n) is 4.89. The van der Waals surface area contributed by atoms with E-state index in [0.717, 1.165) is 11.3 Å². The van der Waals surface area contributed by atoms with Gasteiger partial charge in [-0.3, -0.25) is 19.1 Å². The highest BCUT2D eigenvalue weighted by atomic mass is 35.5. The van der Waals surface area contributed by atoms with Crippen LogP contribution < -0.4 is 0 Å². The number of alkyl halides is 4. The Labute approximate surface area is 169 Å². The van der Waals surface area contributed by atoms with Crippen LogP contribution >= 0.6 is 11.6 Å². The number of amides is 1. The summed E-state index contributed by atoms with van der Waals surface area (Å²) in [5.74, 6) is -0.468. The predicted molar refractivity (Wildman–Crippen MR) is 97.0 cm³/mol. The average molecular weight is 437 g/mol. The second kappa shape index (κ2) is 8.70. The van der Waals surface area contributed by atoms with Crippen molar-refractivity contribution < 1.29 is 22.4 Å². The summed E-state index contributed by atoms with van der Waals surface area (Å²) in [4.78, 5) is 16.2. The van der Waals surface area contributed by atoms with E-state index in [2.05, 4.69) is 15.1 Å². The van der Waals surface area contributed by atoms with Crippen LogP contribution in [-0.2, 0) is 24.9 Å². The van der Waals surface area contributed by atoms with Crippen LogP contribution in [-0.4, -0.2) is 61.4 Å². The summed E-state index contributed by atoms with van der Waals surface area (Å²) < 4.78 is 54.6. The third kappa shape index (κ3) is 4.72. The van der Waals surface area contributed by atoms with Gasteiger partial charge < -0.3 is 4.90 Å². The van der Waals surface area contributed by atoms with E-state index in [9.17, 15) is 22.4 Å². The lowest BCUT2D eigenvalue weighted by molar-refractivity contribution is -0.134. The van der Waals surface area contributed by atoms with Crippen LogP contribution in [0.4, 0.5) is 17.6 Å². The molecule has 160 valence electrons. The SMILES string of the molecule is Cc1nn(C)cc1CN1CCN(C(=O)Cn2nc(C(F)F)c(Cl)c2C(F)F)CC1. The summed E-state index contributed by atoms with van der Waals surface area (Å²) in [6.45, 7) is 4.07. The fraction of sp³-hybridized carbons (Fsp3) is 0.588. The number of aromatic nitrogens is 4. The van der Waals surface area contributed by atoms with Crippen LogP contribution in [0.5, 0.6) is 0 Å². The van der Waals surface area contributed by atoms with Crippen LogP contribution in [0.25, 0.3) is 0 Å². The molecule has 0 radical (unpaired) electrons. The molecule has 1 fully saturated rings. The number of halogens is 5. The van der Waals surface area contributed by atoms with Crippen molar-refractivity contribution in [3.05, 3.63) is 33.9 Å². The number of rotatable bonds is 6. The number of hydrogen-bond acceptors (Lipinski definition) is 4. The van der Waals surface area contributed by atoms with Crippen molar-refractivity contribution >= 4 is 17.5 Å². The molecule has 0 unspecified atom stereocenters. The van der Waals surface area contributed by atoms with Crippen molar-refractivity contribution in [1.29, 1.82) is 0 Å². The molecule has 0 aliphatic carbocycles. The Morgan fingerprint density at radius 1 is 1.14 bits per heavy atom. The molecule has 29 heavy (non-hydrogen) atoms. The van der Waals surface area contributed by atoms with Gasteiger partial charge in [0.15, 0.2) is 0 Å². The van der Waals surface area contributed by atoms with Crippen molar-refractivity contribution in [3.8, 4) is 0 Å². The number of piperazine rings is 1. The minimum atomic E-state index is -3.12. The molecule has 0 N–H and O–H groups in total. The molecule has 0 saturated carbocycles. The van der Waals surface area contributed by atoms with Gasteiger partial charge in [0.05, 0.1) is 10.7 Å². The fourth-order valence-electron chi connectivity index (χ4n) is 3.37. The van der Waals surface area contributed by atoms with E-state index < -0.39 is 41.7 Å². The minimum Gasteiger partial charge on any atom is -0.339 e. The van der Waals surface area contributed by atoms with Gasteiger partial charge in [0.1, 0.15) is 17.9 Å². The van der Waals surface area contributed by atoms with Gasteiger partial charge in [0, 0.05) is 51.5 Å². The fourth-order valence-corrected chi connectivity index (χ4v) is 3.67. The van der Waals surface area contributed by atoms with E-state index in [1.165, 1.54) is 4.90 Å². The normalized spacial score (nSPS) is 15.7. The van der Waals surface area contributed by atoms with Gasteiger partial charge in [-0.15, -0.1) is 0 Å². The van der Waals surface area contributed by atoms with E-state index in [-0.39, 0.29) is 0 Å². The molecule has 0 bridgehead atoms. The zero-order valence-electron chi connectivity index (χ0n) is 16.0. The first-order chi connectivity index (χ1) is 13.7. The van der Waals surface area contributed by atoms with Gasteiger partial charge in [-0.25, -0.2) is 17.6 Å². The summed E-state index contributed by atoms with van der Waals surface area (Å²) in [7, 11) is 1.85. The Hall–Kier alpha value is -2.14. The first kappa shape index (κ1) is 21.6. The molecule has 0 atom stereocenters. The average Bonchev–Trinajstić information content (AvgIpc) is 3.14. The molecule has 0 aromatic carbocycles. The lowest BCUT2D eigenvalue weighted by Crippen LogP contribution is -2.49. The summed E-state index contributed by atoms with van der Waals surface area (Å²) in [5, 5.41) is 6.94. The summed E-state index contributed by atoms with van der Waals surface area (Å²) in [5.41, 5.74) is 0.239. The summed E-state index contributed by atoms with van der Waals surface area (Å²) in [6, 6.07) is 0. The molecule has 2 aromatic rings. The zero-order valence-corrected chi connectivity index (χ0v) is 16.7. The van der Waals surface area contributed by atoms with Crippen molar-refractivity contribution in [3.63, 3.8) is 0 Å².